The fourth-order valence-corrected chi connectivity index (χ4v) is 1.96. The van der Waals surface area contributed by atoms with E-state index in [1.165, 1.54) is 0 Å². The maximum atomic E-state index is 11.8. The number of nitrogens with zero attached hydrogens (tertiary/aromatic N) is 1. The summed E-state index contributed by atoms with van der Waals surface area (Å²) in [4.78, 5) is 13.5. The molecule has 0 N–H and O–H groups in total. The van der Waals surface area contributed by atoms with E-state index in [4.69, 9.17) is 4.74 Å². The Morgan fingerprint density at radius 3 is 3.00 bits per heavy atom. The topological polar surface area (TPSA) is 29.5 Å². The van der Waals surface area contributed by atoms with E-state index in [-0.39, 0.29) is 11.8 Å². The summed E-state index contributed by atoms with van der Waals surface area (Å²) in [5, 5.41) is 0. The smallest absolute Gasteiger partial charge is 0.233 e. The highest BCUT2D eigenvalue weighted by Gasteiger charge is 2.25. The van der Waals surface area contributed by atoms with Gasteiger partial charge in [0.25, 0.3) is 0 Å². The van der Waals surface area contributed by atoms with Crippen molar-refractivity contribution in [3.63, 3.8) is 0 Å². The normalized spacial score (nSPS) is 20.6. The predicted molar refractivity (Wildman–Crippen MR) is 62.2 cm³/mol. The van der Waals surface area contributed by atoms with Crippen molar-refractivity contribution in [2.75, 3.05) is 18.6 Å². The molecule has 1 aliphatic rings. The van der Waals surface area contributed by atoms with Gasteiger partial charge >= 0.3 is 0 Å². The van der Waals surface area contributed by atoms with Crippen molar-refractivity contribution in [1.82, 2.24) is 0 Å². The molecule has 1 atom stereocenters. The van der Waals surface area contributed by atoms with E-state index in [2.05, 4.69) is 15.9 Å². The fourth-order valence-electron chi connectivity index (χ4n) is 1.61. The Morgan fingerprint density at radius 1 is 1.53 bits per heavy atom. The number of hydrogen-bond donors (Lipinski definition) is 0. The van der Waals surface area contributed by atoms with Crippen LogP contribution in [-0.2, 0) is 4.79 Å². The van der Waals surface area contributed by atoms with Crippen molar-refractivity contribution in [1.29, 1.82) is 0 Å². The molecule has 0 saturated carbocycles. The third-order valence-corrected chi connectivity index (χ3v) is 3.02. The highest BCUT2D eigenvalue weighted by Crippen LogP contribution is 2.33. The van der Waals surface area contributed by atoms with Gasteiger partial charge in [-0.3, -0.25) is 4.79 Å². The van der Waals surface area contributed by atoms with Crippen LogP contribution in [0.15, 0.2) is 22.7 Å². The molecule has 0 aromatic heterocycles. The van der Waals surface area contributed by atoms with Crippen LogP contribution >= 0.6 is 15.9 Å². The standard InChI is InChI=1S/C11H12BrNO2/c1-7-6-15-10-4-3-8(12)5-9(10)13(2)11(7)14/h3-5,7H,6H2,1-2H3/t7-/m0/s1. The molecule has 2 rings (SSSR count). The van der Waals surface area contributed by atoms with Crippen molar-refractivity contribution >= 4 is 27.5 Å². The molecule has 3 nitrogen and oxygen atoms in total. The Bertz CT molecular complexity index is 406. The first kappa shape index (κ1) is 10.5. The molecule has 1 aliphatic heterocycles. The molecule has 0 bridgehead atoms. The first-order valence-electron chi connectivity index (χ1n) is 4.79. The number of fused-ring (bicyclic) bond motifs is 1. The number of amides is 1. The number of benzene rings is 1. The Balaban J connectivity index is 2.48. The zero-order valence-electron chi connectivity index (χ0n) is 8.66. The maximum absolute atomic E-state index is 11.8. The van der Waals surface area contributed by atoms with Crippen molar-refractivity contribution in [2.24, 2.45) is 5.92 Å². The molecule has 0 fully saturated rings. The van der Waals surface area contributed by atoms with E-state index >= 15 is 0 Å². The van der Waals surface area contributed by atoms with Crippen LogP contribution in [0.3, 0.4) is 0 Å². The lowest BCUT2D eigenvalue weighted by atomic mass is 10.2. The Hall–Kier alpha value is -1.03. The molecule has 1 aromatic rings. The van der Waals surface area contributed by atoms with Crippen LogP contribution < -0.4 is 9.64 Å². The summed E-state index contributed by atoms with van der Waals surface area (Å²) in [6, 6.07) is 5.68. The summed E-state index contributed by atoms with van der Waals surface area (Å²) in [6.07, 6.45) is 0. The van der Waals surface area contributed by atoms with Crippen LogP contribution in [0.1, 0.15) is 6.92 Å². The quantitative estimate of drug-likeness (QED) is 0.724. The number of carbonyl (C=O) groups is 1. The molecule has 0 saturated heterocycles. The van der Waals surface area contributed by atoms with Crippen LogP contribution in [-0.4, -0.2) is 19.6 Å². The molecule has 4 heteroatoms. The van der Waals surface area contributed by atoms with Crippen LogP contribution in [0, 0.1) is 5.92 Å². The van der Waals surface area contributed by atoms with Crippen LogP contribution in [0.5, 0.6) is 5.75 Å². The number of rotatable bonds is 0. The zero-order valence-corrected chi connectivity index (χ0v) is 10.2. The average Bonchev–Trinajstić information content (AvgIpc) is 2.32. The first-order chi connectivity index (χ1) is 7.09. The summed E-state index contributed by atoms with van der Waals surface area (Å²) in [5.41, 5.74) is 0.818. The summed E-state index contributed by atoms with van der Waals surface area (Å²) < 4.78 is 6.52. The largest absolute Gasteiger partial charge is 0.491 e. The lowest BCUT2D eigenvalue weighted by Gasteiger charge is -2.17. The van der Waals surface area contributed by atoms with Crippen molar-refractivity contribution in [3.8, 4) is 5.75 Å². The Labute approximate surface area is 97.2 Å². The lowest BCUT2D eigenvalue weighted by Crippen LogP contribution is -2.31. The minimum atomic E-state index is -0.0961. The fraction of sp³-hybridized carbons (Fsp3) is 0.364. The van der Waals surface area contributed by atoms with E-state index < -0.39 is 0 Å². The molecule has 1 aromatic carbocycles. The summed E-state index contributed by atoms with van der Waals surface area (Å²) in [6.45, 7) is 2.32. The molecule has 0 unspecified atom stereocenters. The zero-order chi connectivity index (χ0) is 11.0. The number of anilines is 1. The molecule has 1 heterocycles. The predicted octanol–water partition coefficient (Wildman–Crippen LogP) is 2.44. The van der Waals surface area contributed by atoms with Crippen LogP contribution in [0.2, 0.25) is 0 Å². The second-order valence-electron chi connectivity index (χ2n) is 3.72. The van der Waals surface area contributed by atoms with Gasteiger partial charge in [-0.05, 0) is 18.2 Å². The molecule has 0 radical (unpaired) electrons. The van der Waals surface area contributed by atoms with Crippen LogP contribution in [0.25, 0.3) is 0 Å². The van der Waals surface area contributed by atoms with E-state index in [0.29, 0.717) is 6.61 Å². The molecular weight excluding hydrogens is 258 g/mol. The monoisotopic (exact) mass is 269 g/mol. The third kappa shape index (κ3) is 1.86. The SMILES string of the molecule is C[C@H]1COc2ccc(Br)cc2N(C)C1=O. The van der Waals surface area contributed by atoms with Crippen molar-refractivity contribution in [2.45, 2.75) is 6.92 Å². The number of hydrogen-bond acceptors (Lipinski definition) is 2. The molecule has 0 spiro atoms. The van der Waals surface area contributed by atoms with E-state index in [1.54, 1.807) is 11.9 Å². The Kier molecular flexibility index (Phi) is 2.69. The van der Waals surface area contributed by atoms with Gasteiger partial charge in [0.15, 0.2) is 0 Å². The van der Waals surface area contributed by atoms with Gasteiger partial charge in [0, 0.05) is 11.5 Å². The van der Waals surface area contributed by atoms with Gasteiger partial charge in [-0.15, -0.1) is 0 Å². The van der Waals surface area contributed by atoms with E-state index in [0.717, 1.165) is 15.9 Å². The second kappa shape index (κ2) is 3.85. The summed E-state index contributed by atoms with van der Waals surface area (Å²) >= 11 is 3.38. The van der Waals surface area contributed by atoms with E-state index in [9.17, 15) is 4.79 Å². The highest BCUT2D eigenvalue weighted by atomic mass is 79.9. The summed E-state index contributed by atoms with van der Waals surface area (Å²) in [5.74, 6) is 0.756. The lowest BCUT2D eigenvalue weighted by molar-refractivity contribution is -0.122. The third-order valence-electron chi connectivity index (χ3n) is 2.52. The number of halogens is 1. The van der Waals surface area contributed by atoms with Gasteiger partial charge in [0.05, 0.1) is 18.2 Å². The highest BCUT2D eigenvalue weighted by molar-refractivity contribution is 9.10. The number of carbonyl (C=O) groups excluding carboxylic acids is 1. The molecular formula is C11H12BrNO2. The molecule has 80 valence electrons. The van der Waals surface area contributed by atoms with Crippen molar-refractivity contribution in [3.05, 3.63) is 22.7 Å². The average molecular weight is 270 g/mol. The van der Waals surface area contributed by atoms with E-state index in [1.807, 2.05) is 25.1 Å². The second-order valence-corrected chi connectivity index (χ2v) is 4.64. The van der Waals surface area contributed by atoms with Crippen LogP contribution in [0.4, 0.5) is 5.69 Å². The van der Waals surface area contributed by atoms with Gasteiger partial charge in [-0.2, -0.15) is 0 Å². The van der Waals surface area contributed by atoms with Gasteiger partial charge in [0.2, 0.25) is 5.91 Å². The van der Waals surface area contributed by atoms with Gasteiger partial charge in [-0.1, -0.05) is 22.9 Å². The maximum Gasteiger partial charge on any atom is 0.233 e. The van der Waals surface area contributed by atoms with Crippen molar-refractivity contribution < 1.29 is 9.53 Å². The summed E-state index contributed by atoms with van der Waals surface area (Å²) in [7, 11) is 1.78. The molecule has 15 heavy (non-hydrogen) atoms. The molecule has 1 amide bonds. The number of ether oxygens (including phenoxy) is 1. The van der Waals surface area contributed by atoms with Gasteiger partial charge < -0.3 is 9.64 Å². The van der Waals surface area contributed by atoms with Gasteiger partial charge in [-0.25, -0.2) is 0 Å². The minimum Gasteiger partial charge on any atom is -0.491 e. The Morgan fingerprint density at radius 2 is 2.27 bits per heavy atom. The molecule has 0 aliphatic carbocycles. The van der Waals surface area contributed by atoms with Gasteiger partial charge in [0.1, 0.15) is 5.75 Å². The first-order valence-corrected chi connectivity index (χ1v) is 5.59. The minimum absolute atomic E-state index is 0.0897.